The molecule has 2 aliphatic rings. The maximum absolute atomic E-state index is 11.6. The molecule has 72 valence electrons. The molecule has 0 radical (unpaired) electrons. The third-order valence-electron chi connectivity index (χ3n) is 2.93. The Morgan fingerprint density at radius 3 is 2.77 bits per heavy atom. The fourth-order valence-electron chi connectivity index (χ4n) is 2.10. The van der Waals surface area contributed by atoms with Gasteiger partial charge in [0.05, 0.1) is 6.42 Å². The van der Waals surface area contributed by atoms with E-state index in [-0.39, 0.29) is 18.1 Å². The van der Waals surface area contributed by atoms with Gasteiger partial charge in [-0.15, -0.1) is 0 Å². The molecule has 2 heterocycles. The monoisotopic (exact) mass is 200 g/mol. The van der Waals surface area contributed by atoms with Gasteiger partial charge in [0, 0.05) is 19.6 Å². The highest BCUT2D eigenvalue weighted by Crippen LogP contribution is 2.31. The summed E-state index contributed by atoms with van der Waals surface area (Å²) in [6, 6.07) is 0. The van der Waals surface area contributed by atoms with Gasteiger partial charge in [-0.2, -0.15) is 0 Å². The van der Waals surface area contributed by atoms with Crippen molar-refractivity contribution < 1.29 is 9.59 Å². The van der Waals surface area contributed by atoms with Crippen LogP contribution in [0.5, 0.6) is 0 Å². The van der Waals surface area contributed by atoms with Crippen molar-refractivity contribution in [3.8, 4) is 0 Å². The van der Waals surface area contributed by atoms with Gasteiger partial charge in [-0.1, -0.05) is 9.39 Å². The molecule has 0 aliphatic carbocycles. The number of hydrogen-bond acceptors (Lipinski definition) is 3. The van der Waals surface area contributed by atoms with E-state index < -0.39 is 5.54 Å². The van der Waals surface area contributed by atoms with Crippen molar-refractivity contribution >= 4 is 21.1 Å². The summed E-state index contributed by atoms with van der Waals surface area (Å²) in [5.41, 5.74) is -0.558. The molecule has 0 saturated carbocycles. The molecule has 5 heteroatoms. The number of fused-ring (bicyclic) bond motifs is 1. The van der Waals surface area contributed by atoms with E-state index in [0.717, 1.165) is 6.54 Å². The fraction of sp³-hybridized carbons (Fsp3) is 0.750. The molecule has 1 amide bonds. The molecule has 4 nitrogen and oxygen atoms in total. The predicted molar refractivity (Wildman–Crippen MR) is 51.0 cm³/mol. The molecular weight excluding hydrogens is 187 g/mol. The Bertz CT molecular complexity index is 281. The highest BCUT2D eigenvalue weighted by molar-refractivity contribution is 7.13. The van der Waals surface area contributed by atoms with Gasteiger partial charge in [-0.05, 0) is 6.92 Å². The highest BCUT2D eigenvalue weighted by atomic mass is 31.0. The van der Waals surface area contributed by atoms with E-state index in [2.05, 4.69) is 9.39 Å². The molecule has 2 unspecified atom stereocenters. The fourth-order valence-corrected chi connectivity index (χ4v) is 2.57. The van der Waals surface area contributed by atoms with Gasteiger partial charge in [0.2, 0.25) is 5.91 Å². The van der Waals surface area contributed by atoms with Crippen molar-refractivity contribution in [2.24, 2.45) is 0 Å². The van der Waals surface area contributed by atoms with Crippen molar-refractivity contribution in [3.63, 3.8) is 0 Å². The molecule has 0 aromatic rings. The van der Waals surface area contributed by atoms with E-state index in [1.165, 1.54) is 0 Å². The van der Waals surface area contributed by atoms with Crippen molar-refractivity contribution in [2.45, 2.75) is 18.9 Å². The molecule has 0 spiro atoms. The predicted octanol–water partition coefficient (Wildman–Crippen LogP) is -0.348. The Hall–Kier alpha value is -0.470. The van der Waals surface area contributed by atoms with Gasteiger partial charge in [0.25, 0.3) is 0 Å². The zero-order valence-corrected chi connectivity index (χ0v) is 8.77. The minimum atomic E-state index is -0.558. The summed E-state index contributed by atoms with van der Waals surface area (Å²) in [5, 5.41) is 0. The molecule has 2 rings (SSSR count). The Kier molecular flexibility index (Phi) is 1.93. The second kappa shape index (κ2) is 2.76. The van der Waals surface area contributed by atoms with Crippen molar-refractivity contribution in [1.82, 2.24) is 9.57 Å². The van der Waals surface area contributed by atoms with Crippen LogP contribution in [0.15, 0.2) is 0 Å². The van der Waals surface area contributed by atoms with E-state index in [4.69, 9.17) is 0 Å². The van der Waals surface area contributed by atoms with Gasteiger partial charge in [-0.3, -0.25) is 14.3 Å². The second-order valence-corrected chi connectivity index (χ2v) is 4.62. The second-order valence-electron chi connectivity index (χ2n) is 3.89. The molecule has 2 atom stereocenters. The summed E-state index contributed by atoms with van der Waals surface area (Å²) in [4.78, 5) is 24.7. The van der Waals surface area contributed by atoms with Crippen molar-refractivity contribution in [2.75, 3.05) is 19.6 Å². The number of hydrogen-bond donors (Lipinski definition) is 0. The van der Waals surface area contributed by atoms with Crippen LogP contribution >= 0.6 is 9.39 Å². The summed E-state index contributed by atoms with van der Waals surface area (Å²) in [6.07, 6.45) is 0.0923. The standard InChI is InChI=1S/C8H13N2O2P/c1-8-5-9(13)2-3-10(8)7(12)4-6(8)11/h2-5,13H2,1H3. The van der Waals surface area contributed by atoms with Gasteiger partial charge in [-0.25, -0.2) is 0 Å². The first-order chi connectivity index (χ1) is 6.04. The first-order valence-electron chi connectivity index (χ1n) is 4.37. The average molecular weight is 200 g/mol. The Labute approximate surface area is 79.5 Å². The number of rotatable bonds is 0. The lowest BCUT2D eigenvalue weighted by Gasteiger charge is -2.42. The van der Waals surface area contributed by atoms with E-state index in [9.17, 15) is 9.59 Å². The lowest BCUT2D eigenvalue weighted by atomic mass is 9.96. The molecule has 0 bridgehead atoms. The van der Waals surface area contributed by atoms with Gasteiger partial charge in [0.15, 0.2) is 5.78 Å². The van der Waals surface area contributed by atoms with E-state index in [1.807, 2.05) is 11.6 Å². The minimum Gasteiger partial charge on any atom is -0.327 e. The number of amides is 1. The van der Waals surface area contributed by atoms with Crippen LogP contribution in [0.3, 0.4) is 0 Å². The maximum Gasteiger partial charge on any atom is 0.231 e. The quantitative estimate of drug-likeness (QED) is 0.396. The van der Waals surface area contributed by atoms with Crippen molar-refractivity contribution in [3.05, 3.63) is 0 Å². The summed E-state index contributed by atoms with van der Waals surface area (Å²) < 4.78 is 2.02. The largest absolute Gasteiger partial charge is 0.327 e. The summed E-state index contributed by atoms with van der Waals surface area (Å²) in [5.74, 6) is 0.0512. The highest BCUT2D eigenvalue weighted by Gasteiger charge is 2.51. The van der Waals surface area contributed by atoms with E-state index in [0.29, 0.717) is 13.1 Å². The summed E-state index contributed by atoms with van der Waals surface area (Å²) >= 11 is 0. The zero-order chi connectivity index (χ0) is 9.64. The molecule has 2 aliphatic heterocycles. The Morgan fingerprint density at radius 1 is 1.38 bits per heavy atom. The van der Waals surface area contributed by atoms with Crippen LogP contribution in [-0.4, -0.2) is 46.4 Å². The van der Waals surface area contributed by atoms with Crippen molar-refractivity contribution in [1.29, 1.82) is 0 Å². The normalized spacial score (nSPS) is 35.4. The molecule has 13 heavy (non-hydrogen) atoms. The number of carbonyl (C=O) groups excluding carboxylic acids is 2. The van der Waals surface area contributed by atoms with Crippen LogP contribution in [0.4, 0.5) is 0 Å². The maximum atomic E-state index is 11.6. The van der Waals surface area contributed by atoms with Gasteiger partial charge in [0.1, 0.15) is 5.54 Å². The smallest absolute Gasteiger partial charge is 0.231 e. The molecule has 0 aromatic heterocycles. The molecular formula is C8H13N2O2P. The van der Waals surface area contributed by atoms with Crippen LogP contribution in [0.25, 0.3) is 0 Å². The van der Waals surface area contributed by atoms with Crippen LogP contribution < -0.4 is 0 Å². The number of carbonyl (C=O) groups is 2. The number of nitrogens with zero attached hydrogens (tertiary/aromatic N) is 2. The lowest BCUT2D eigenvalue weighted by Crippen LogP contribution is -2.59. The minimum absolute atomic E-state index is 0.00870. The summed E-state index contributed by atoms with van der Waals surface area (Å²) in [7, 11) is 2.59. The van der Waals surface area contributed by atoms with Gasteiger partial charge < -0.3 is 4.90 Å². The van der Waals surface area contributed by atoms with Crippen LogP contribution in [0, 0.1) is 0 Å². The third kappa shape index (κ3) is 1.20. The molecule has 2 saturated heterocycles. The molecule has 0 aromatic carbocycles. The topological polar surface area (TPSA) is 40.6 Å². The number of piperazine rings is 1. The van der Waals surface area contributed by atoms with E-state index in [1.54, 1.807) is 4.90 Å². The first kappa shape index (κ1) is 9.10. The van der Waals surface area contributed by atoms with Crippen LogP contribution in [0.1, 0.15) is 13.3 Å². The Morgan fingerprint density at radius 2 is 2.08 bits per heavy atom. The molecule has 2 fully saturated rings. The SMILES string of the molecule is CC12CN(P)CCN1C(=O)CC2=O. The van der Waals surface area contributed by atoms with Crippen LogP contribution in [0.2, 0.25) is 0 Å². The third-order valence-corrected chi connectivity index (χ3v) is 3.37. The van der Waals surface area contributed by atoms with Gasteiger partial charge >= 0.3 is 0 Å². The average Bonchev–Trinajstić information content (AvgIpc) is 2.23. The number of Topliss-reactive ketones (excluding diaryl/α,β-unsaturated/α-hetero) is 1. The Balaban J connectivity index is 2.31. The zero-order valence-electron chi connectivity index (χ0n) is 7.62. The lowest BCUT2D eigenvalue weighted by molar-refractivity contribution is -0.134. The van der Waals surface area contributed by atoms with Crippen LogP contribution in [-0.2, 0) is 9.59 Å². The first-order valence-corrected chi connectivity index (χ1v) is 4.89. The molecule has 0 N–H and O–H groups in total. The summed E-state index contributed by atoms with van der Waals surface area (Å²) in [6.45, 7) is 4.00. The van der Waals surface area contributed by atoms with E-state index >= 15 is 0 Å². The number of ketones is 1.